The number of benzene rings is 1. The molecule has 0 saturated carbocycles. The zero-order valence-electron chi connectivity index (χ0n) is 16.1. The number of carbonyl (C=O) groups excluding carboxylic acids is 3. The van der Waals surface area contributed by atoms with E-state index in [4.69, 9.17) is 16.3 Å². The molecule has 7 nitrogen and oxygen atoms in total. The summed E-state index contributed by atoms with van der Waals surface area (Å²) in [6.45, 7) is 4.17. The van der Waals surface area contributed by atoms with Gasteiger partial charge in [0.05, 0.1) is 11.1 Å². The van der Waals surface area contributed by atoms with E-state index < -0.39 is 23.3 Å². The number of rotatable bonds is 3. The van der Waals surface area contributed by atoms with Crippen LogP contribution in [0.4, 0.5) is 5.69 Å². The highest BCUT2D eigenvalue weighted by atomic mass is 35.5. The van der Waals surface area contributed by atoms with Crippen molar-refractivity contribution in [2.45, 2.75) is 20.8 Å². The molecule has 0 aliphatic carbocycles. The lowest BCUT2D eigenvalue weighted by molar-refractivity contribution is -0.131. The van der Waals surface area contributed by atoms with Gasteiger partial charge < -0.3 is 9.30 Å². The average molecular weight is 433 g/mol. The largest absolute Gasteiger partial charge is 0.425 e. The zero-order chi connectivity index (χ0) is 21.5. The van der Waals surface area contributed by atoms with Crippen molar-refractivity contribution >= 4 is 56.6 Å². The number of esters is 1. The normalized spacial score (nSPS) is 10.8. The van der Waals surface area contributed by atoms with E-state index in [-0.39, 0.29) is 17.0 Å². The molecule has 0 bridgehead atoms. The molecule has 0 saturated heterocycles. The number of hydrogen-bond donors (Lipinski definition) is 0. The number of pyridine rings is 1. The van der Waals surface area contributed by atoms with Gasteiger partial charge in [-0.25, -0.2) is 4.90 Å². The van der Waals surface area contributed by atoms with Gasteiger partial charge >= 0.3 is 5.97 Å². The van der Waals surface area contributed by atoms with E-state index in [1.165, 1.54) is 61.1 Å². The monoisotopic (exact) mass is 432 g/mol. The first-order chi connectivity index (χ1) is 13.6. The van der Waals surface area contributed by atoms with Gasteiger partial charge in [0.1, 0.15) is 10.4 Å². The maximum Gasteiger partial charge on any atom is 0.308 e. The van der Waals surface area contributed by atoms with Crippen LogP contribution in [0.5, 0.6) is 5.75 Å². The Kier molecular flexibility index (Phi) is 5.59. The Bertz CT molecular complexity index is 1210. The maximum absolute atomic E-state index is 13.4. The summed E-state index contributed by atoms with van der Waals surface area (Å²) in [6, 6.07) is 6.03. The summed E-state index contributed by atoms with van der Waals surface area (Å²) >= 11 is 7.19. The predicted octanol–water partition coefficient (Wildman–Crippen LogP) is 3.68. The first-order valence-electron chi connectivity index (χ1n) is 8.53. The number of hydrogen-bond acceptors (Lipinski definition) is 6. The van der Waals surface area contributed by atoms with Gasteiger partial charge in [-0.3, -0.25) is 19.2 Å². The quantitative estimate of drug-likeness (QED) is 0.589. The first-order valence-corrected chi connectivity index (χ1v) is 9.79. The van der Waals surface area contributed by atoms with Gasteiger partial charge in [0.2, 0.25) is 5.91 Å². The molecular formula is C20H17ClN2O5S. The molecule has 150 valence electrons. The topological polar surface area (TPSA) is 85.7 Å². The van der Waals surface area contributed by atoms with Crippen molar-refractivity contribution in [2.24, 2.45) is 7.05 Å². The Morgan fingerprint density at radius 1 is 1.14 bits per heavy atom. The van der Waals surface area contributed by atoms with Crippen molar-refractivity contribution in [3.05, 3.63) is 56.1 Å². The molecule has 0 fully saturated rings. The maximum atomic E-state index is 13.4. The Labute approximate surface area is 175 Å². The van der Waals surface area contributed by atoms with E-state index >= 15 is 0 Å². The molecule has 29 heavy (non-hydrogen) atoms. The van der Waals surface area contributed by atoms with Gasteiger partial charge in [0.15, 0.2) is 5.75 Å². The number of halogens is 1. The fraction of sp³-hybridized carbons (Fsp3) is 0.200. The van der Waals surface area contributed by atoms with Crippen LogP contribution in [0.2, 0.25) is 5.02 Å². The number of aryl methyl sites for hydroxylation is 2. The molecule has 0 spiro atoms. The van der Waals surface area contributed by atoms with Gasteiger partial charge in [-0.1, -0.05) is 11.6 Å². The van der Waals surface area contributed by atoms with Crippen LogP contribution >= 0.6 is 22.9 Å². The second-order valence-corrected chi connectivity index (χ2v) is 7.69. The number of imide groups is 1. The highest BCUT2D eigenvalue weighted by Crippen LogP contribution is 2.35. The molecule has 9 heteroatoms. The van der Waals surface area contributed by atoms with Crippen molar-refractivity contribution in [3.63, 3.8) is 0 Å². The van der Waals surface area contributed by atoms with Crippen LogP contribution in [-0.2, 0) is 16.6 Å². The third-order valence-corrected chi connectivity index (χ3v) is 5.72. The first kappa shape index (κ1) is 20.8. The van der Waals surface area contributed by atoms with Crippen molar-refractivity contribution in [1.29, 1.82) is 0 Å². The Balaban J connectivity index is 2.33. The van der Waals surface area contributed by atoms with E-state index in [2.05, 4.69) is 0 Å². The molecule has 0 atom stereocenters. The van der Waals surface area contributed by atoms with Gasteiger partial charge in [-0.15, -0.1) is 11.3 Å². The summed E-state index contributed by atoms with van der Waals surface area (Å²) in [6.07, 6.45) is 0. The molecule has 1 aromatic carbocycles. The number of nitrogens with zero attached hydrogens (tertiary/aromatic N) is 2. The lowest BCUT2D eigenvalue weighted by Crippen LogP contribution is -2.40. The fourth-order valence-corrected chi connectivity index (χ4v) is 4.16. The SMILES string of the molecule is CC(=O)Oc1c(C(=O)N(C(C)=O)c2ccc(Cl)cc2)c(=O)n(C)c2scc(C)c12. The highest BCUT2D eigenvalue weighted by Gasteiger charge is 2.31. The van der Waals surface area contributed by atoms with Gasteiger partial charge in [0, 0.05) is 25.9 Å². The van der Waals surface area contributed by atoms with Crippen LogP contribution in [0.15, 0.2) is 34.4 Å². The minimum Gasteiger partial charge on any atom is -0.425 e. The zero-order valence-corrected chi connectivity index (χ0v) is 17.7. The molecule has 0 N–H and O–H groups in total. The van der Waals surface area contributed by atoms with E-state index in [1.54, 1.807) is 12.3 Å². The van der Waals surface area contributed by atoms with Crippen molar-refractivity contribution < 1.29 is 19.1 Å². The van der Waals surface area contributed by atoms with Crippen LogP contribution in [-0.4, -0.2) is 22.4 Å². The number of ether oxygens (including phenoxy) is 1. The third kappa shape index (κ3) is 3.68. The summed E-state index contributed by atoms with van der Waals surface area (Å²) in [7, 11) is 1.52. The minimum atomic E-state index is -0.885. The molecule has 2 heterocycles. The molecule has 0 aliphatic rings. The Hall–Kier alpha value is -2.97. The van der Waals surface area contributed by atoms with E-state index in [0.29, 0.717) is 15.2 Å². The molecule has 2 aromatic heterocycles. The lowest BCUT2D eigenvalue weighted by Gasteiger charge is -2.21. The molecule has 0 unspecified atom stereocenters. The summed E-state index contributed by atoms with van der Waals surface area (Å²) in [5.41, 5.74) is -0.0701. The van der Waals surface area contributed by atoms with Crippen LogP contribution in [0, 0.1) is 6.92 Å². The van der Waals surface area contributed by atoms with Crippen LogP contribution in [0.1, 0.15) is 29.8 Å². The molecule has 2 amide bonds. The number of aromatic nitrogens is 1. The van der Waals surface area contributed by atoms with E-state index in [0.717, 1.165) is 10.5 Å². The molecule has 3 aromatic rings. The molecule has 3 rings (SSSR count). The third-order valence-electron chi connectivity index (χ3n) is 4.30. The number of carbonyl (C=O) groups is 3. The summed E-state index contributed by atoms with van der Waals surface area (Å²) < 4.78 is 6.63. The van der Waals surface area contributed by atoms with E-state index in [9.17, 15) is 19.2 Å². The van der Waals surface area contributed by atoms with Crippen LogP contribution in [0.3, 0.4) is 0 Å². The Morgan fingerprint density at radius 2 is 1.76 bits per heavy atom. The number of anilines is 1. The Morgan fingerprint density at radius 3 is 2.31 bits per heavy atom. The summed E-state index contributed by atoms with van der Waals surface area (Å²) in [5, 5.41) is 2.71. The number of thiophene rings is 1. The summed E-state index contributed by atoms with van der Waals surface area (Å²) in [5.74, 6) is -2.31. The lowest BCUT2D eigenvalue weighted by atomic mass is 10.1. The number of fused-ring (bicyclic) bond motifs is 1. The standard InChI is InChI=1S/C20H17ClN2O5S/c1-10-9-29-20-15(10)17(28-12(3)25)16(18(26)22(20)4)19(27)23(11(2)24)14-7-5-13(21)6-8-14/h5-9H,1-4H3. The molecule has 0 aliphatic heterocycles. The molecular weight excluding hydrogens is 416 g/mol. The summed E-state index contributed by atoms with van der Waals surface area (Å²) in [4.78, 5) is 51.9. The average Bonchev–Trinajstić information content (AvgIpc) is 3.02. The predicted molar refractivity (Wildman–Crippen MR) is 112 cm³/mol. The minimum absolute atomic E-state index is 0.139. The van der Waals surface area contributed by atoms with Gasteiger partial charge in [-0.05, 0) is 42.1 Å². The van der Waals surface area contributed by atoms with E-state index in [1.807, 2.05) is 0 Å². The van der Waals surface area contributed by atoms with Crippen LogP contribution < -0.4 is 15.2 Å². The second-order valence-electron chi connectivity index (χ2n) is 6.40. The van der Waals surface area contributed by atoms with Gasteiger partial charge in [-0.2, -0.15) is 0 Å². The van der Waals surface area contributed by atoms with Crippen molar-refractivity contribution in [2.75, 3.05) is 4.90 Å². The fourth-order valence-electron chi connectivity index (χ4n) is 3.01. The molecule has 0 radical (unpaired) electrons. The smallest absolute Gasteiger partial charge is 0.308 e. The highest BCUT2D eigenvalue weighted by molar-refractivity contribution is 7.17. The van der Waals surface area contributed by atoms with Gasteiger partial charge in [0.25, 0.3) is 11.5 Å². The van der Waals surface area contributed by atoms with Crippen molar-refractivity contribution in [1.82, 2.24) is 4.57 Å². The second kappa shape index (κ2) is 7.81. The van der Waals surface area contributed by atoms with Crippen molar-refractivity contribution in [3.8, 4) is 5.75 Å². The number of amides is 2. The van der Waals surface area contributed by atoms with Crippen LogP contribution in [0.25, 0.3) is 10.2 Å².